The van der Waals surface area contributed by atoms with E-state index in [9.17, 15) is 4.79 Å². The topological polar surface area (TPSA) is 50.4 Å². The predicted molar refractivity (Wildman–Crippen MR) is 113 cm³/mol. The van der Waals surface area contributed by atoms with Gasteiger partial charge in [-0.15, -0.1) is 0 Å². The van der Waals surface area contributed by atoms with E-state index in [1.807, 2.05) is 63.2 Å². The highest BCUT2D eigenvalue weighted by Gasteiger charge is 2.16. The molecule has 0 aromatic heterocycles. The normalized spacial score (nSPS) is 13.3. The van der Waals surface area contributed by atoms with E-state index in [0.717, 1.165) is 23.4 Å². The van der Waals surface area contributed by atoms with Crippen LogP contribution in [0.25, 0.3) is 0 Å². The van der Waals surface area contributed by atoms with Crippen LogP contribution in [-0.2, 0) is 16.1 Å². The zero-order chi connectivity index (χ0) is 19.8. The molecule has 0 fully saturated rings. The molecule has 27 heavy (non-hydrogen) atoms. The summed E-state index contributed by atoms with van der Waals surface area (Å²) in [5.41, 5.74) is 4.07. The third-order valence-corrected chi connectivity index (χ3v) is 4.65. The second-order valence-electron chi connectivity index (χ2n) is 7.31. The summed E-state index contributed by atoms with van der Waals surface area (Å²) in [7, 11) is 0. The molecule has 0 radical (unpaired) electrons. The zero-order valence-corrected chi connectivity index (χ0v) is 17.1. The summed E-state index contributed by atoms with van der Waals surface area (Å²) in [6.45, 7) is 10.8. The summed E-state index contributed by atoms with van der Waals surface area (Å²) >= 11 is 0. The van der Waals surface area contributed by atoms with Crippen molar-refractivity contribution in [3.63, 3.8) is 0 Å². The van der Waals surface area contributed by atoms with Gasteiger partial charge in [-0.3, -0.25) is 4.79 Å². The fraction of sp³-hybridized carbons (Fsp3) is 0.435. The molecule has 2 aromatic carbocycles. The SMILES string of the molecule is CCC(C)c1ccccc1NC(=O)C(C)Nc1cccc(COC(C)C)c1. The first kappa shape index (κ1) is 21.0. The van der Waals surface area contributed by atoms with E-state index in [1.54, 1.807) is 0 Å². The molecule has 2 N–H and O–H groups in total. The number of ether oxygens (including phenoxy) is 1. The maximum absolute atomic E-state index is 12.7. The van der Waals surface area contributed by atoms with Gasteiger partial charge in [0.15, 0.2) is 0 Å². The molecular formula is C23H32N2O2. The average Bonchev–Trinajstić information content (AvgIpc) is 2.66. The number of carbonyl (C=O) groups is 1. The standard InChI is InChI=1S/C23H32N2O2/c1-6-17(4)21-12-7-8-13-22(21)25-23(26)18(5)24-20-11-9-10-19(14-20)15-27-16(2)3/h7-14,16-18,24H,6,15H2,1-5H3,(H,25,26). The Morgan fingerprint density at radius 2 is 1.78 bits per heavy atom. The Morgan fingerprint density at radius 3 is 2.48 bits per heavy atom. The third kappa shape index (κ3) is 6.40. The van der Waals surface area contributed by atoms with Crippen LogP contribution in [0.5, 0.6) is 0 Å². The molecule has 0 saturated heterocycles. The molecule has 0 spiro atoms. The van der Waals surface area contributed by atoms with E-state index < -0.39 is 0 Å². The molecular weight excluding hydrogens is 336 g/mol. The van der Waals surface area contributed by atoms with Crippen molar-refractivity contribution in [2.24, 2.45) is 0 Å². The van der Waals surface area contributed by atoms with E-state index in [1.165, 1.54) is 5.56 Å². The second-order valence-corrected chi connectivity index (χ2v) is 7.31. The summed E-state index contributed by atoms with van der Waals surface area (Å²) in [4.78, 5) is 12.7. The van der Waals surface area contributed by atoms with Crippen molar-refractivity contribution in [1.82, 2.24) is 0 Å². The van der Waals surface area contributed by atoms with Gasteiger partial charge in [-0.05, 0) is 62.4 Å². The van der Waals surface area contributed by atoms with Crippen molar-refractivity contribution >= 4 is 17.3 Å². The largest absolute Gasteiger partial charge is 0.374 e. The van der Waals surface area contributed by atoms with Gasteiger partial charge in [0, 0.05) is 11.4 Å². The smallest absolute Gasteiger partial charge is 0.246 e. The number of hydrogen-bond acceptors (Lipinski definition) is 3. The molecule has 2 atom stereocenters. The van der Waals surface area contributed by atoms with Gasteiger partial charge in [-0.2, -0.15) is 0 Å². The molecule has 4 heteroatoms. The summed E-state index contributed by atoms with van der Waals surface area (Å²) < 4.78 is 5.65. The first-order chi connectivity index (χ1) is 12.9. The quantitative estimate of drug-likeness (QED) is 0.609. The lowest BCUT2D eigenvalue weighted by molar-refractivity contribution is -0.116. The van der Waals surface area contributed by atoms with Crippen LogP contribution in [0.3, 0.4) is 0 Å². The van der Waals surface area contributed by atoms with Crippen LogP contribution in [0, 0.1) is 0 Å². The Kier molecular flexibility index (Phi) is 7.86. The Hall–Kier alpha value is -2.33. The number of hydrogen-bond donors (Lipinski definition) is 2. The van der Waals surface area contributed by atoms with E-state index in [4.69, 9.17) is 4.74 Å². The van der Waals surface area contributed by atoms with Gasteiger partial charge in [0.2, 0.25) is 5.91 Å². The molecule has 0 bridgehead atoms. The molecule has 0 aliphatic heterocycles. The Morgan fingerprint density at radius 1 is 1.04 bits per heavy atom. The molecule has 0 aliphatic rings. The molecule has 2 rings (SSSR count). The van der Waals surface area contributed by atoms with Crippen molar-refractivity contribution in [2.45, 2.75) is 65.7 Å². The highest BCUT2D eigenvalue weighted by molar-refractivity contribution is 5.96. The maximum Gasteiger partial charge on any atom is 0.246 e. The van der Waals surface area contributed by atoms with Gasteiger partial charge in [0.25, 0.3) is 0 Å². The molecule has 2 unspecified atom stereocenters. The summed E-state index contributed by atoms with van der Waals surface area (Å²) in [5.74, 6) is 0.358. The van der Waals surface area contributed by atoms with E-state index >= 15 is 0 Å². The van der Waals surface area contributed by atoms with Crippen molar-refractivity contribution in [1.29, 1.82) is 0 Å². The number of amides is 1. The minimum absolute atomic E-state index is 0.0467. The van der Waals surface area contributed by atoms with E-state index in [2.05, 4.69) is 30.5 Å². The van der Waals surface area contributed by atoms with Crippen LogP contribution >= 0.6 is 0 Å². The average molecular weight is 369 g/mol. The number of benzene rings is 2. The first-order valence-electron chi connectivity index (χ1n) is 9.77. The number of rotatable bonds is 9. The lowest BCUT2D eigenvalue weighted by atomic mass is 9.97. The number of nitrogens with one attached hydrogen (secondary N) is 2. The lowest BCUT2D eigenvalue weighted by Crippen LogP contribution is -2.32. The van der Waals surface area contributed by atoms with Crippen molar-refractivity contribution in [3.8, 4) is 0 Å². The van der Waals surface area contributed by atoms with Crippen molar-refractivity contribution in [3.05, 3.63) is 59.7 Å². The maximum atomic E-state index is 12.7. The first-order valence-corrected chi connectivity index (χ1v) is 9.77. The Balaban J connectivity index is 2.01. The minimum atomic E-state index is -0.351. The number of para-hydroxylation sites is 1. The highest BCUT2D eigenvalue weighted by atomic mass is 16.5. The lowest BCUT2D eigenvalue weighted by Gasteiger charge is -2.19. The molecule has 146 valence electrons. The molecule has 0 saturated carbocycles. The monoisotopic (exact) mass is 368 g/mol. The third-order valence-electron chi connectivity index (χ3n) is 4.65. The Labute approximate surface area is 163 Å². The van der Waals surface area contributed by atoms with Crippen LogP contribution in [0.2, 0.25) is 0 Å². The van der Waals surface area contributed by atoms with Crippen LogP contribution in [-0.4, -0.2) is 18.1 Å². The van der Waals surface area contributed by atoms with Crippen LogP contribution in [0.15, 0.2) is 48.5 Å². The fourth-order valence-corrected chi connectivity index (χ4v) is 2.83. The zero-order valence-electron chi connectivity index (χ0n) is 17.1. The van der Waals surface area contributed by atoms with Crippen LogP contribution < -0.4 is 10.6 Å². The predicted octanol–water partition coefficient (Wildman–Crippen LogP) is 5.56. The molecule has 0 aliphatic carbocycles. The van der Waals surface area contributed by atoms with Crippen LogP contribution in [0.1, 0.15) is 58.1 Å². The van der Waals surface area contributed by atoms with Gasteiger partial charge >= 0.3 is 0 Å². The summed E-state index contributed by atoms with van der Waals surface area (Å²) in [6.07, 6.45) is 1.23. The second kappa shape index (κ2) is 10.1. The fourth-order valence-electron chi connectivity index (χ4n) is 2.83. The van der Waals surface area contributed by atoms with Crippen molar-refractivity contribution < 1.29 is 9.53 Å². The number of carbonyl (C=O) groups excluding carboxylic acids is 1. The Bertz CT molecular complexity index is 743. The molecule has 0 heterocycles. The van der Waals surface area contributed by atoms with Gasteiger partial charge < -0.3 is 15.4 Å². The highest BCUT2D eigenvalue weighted by Crippen LogP contribution is 2.26. The minimum Gasteiger partial charge on any atom is -0.374 e. The molecule has 4 nitrogen and oxygen atoms in total. The number of anilines is 2. The van der Waals surface area contributed by atoms with Crippen LogP contribution in [0.4, 0.5) is 11.4 Å². The summed E-state index contributed by atoms with van der Waals surface area (Å²) in [5, 5.41) is 6.36. The van der Waals surface area contributed by atoms with Gasteiger partial charge in [-0.25, -0.2) is 0 Å². The van der Waals surface area contributed by atoms with Gasteiger partial charge in [0.05, 0.1) is 12.7 Å². The molecule has 2 aromatic rings. The van der Waals surface area contributed by atoms with Gasteiger partial charge in [0.1, 0.15) is 6.04 Å². The van der Waals surface area contributed by atoms with E-state index in [0.29, 0.717) is 12.5 Å². The van der Waals surface area contributed by atoms with Crippen molar-refractivity contribution in [2.75, 3.05) is 10.6 Å². The molecule has 1 amide bonds. The summed E-state index contributed by atoms with van der Waals surface area (Å²) in [6, 6.07) is 15.7. The van der Waals surface area contributed by atoms with Gasteiger partial charge in [-0.1, -0.05) is 44.2 Å². The van der Waals surface area contributed by atoms with E-state index in [-0.39, 0.29) is 18.1 Å².